The Morgan fingerprint density at radius 2 is 2.10 bits per heavy atom. The van der Waals surface area contributed by atoms with Gasteiger partial charge in [-0.05, 0) is 49.2 Å². The van der Waals surface area contributed by atoms with Gasteiger partial charge >= 0.3 is 5.97 Å². The van der Waals surface area contributed by atoms with Crippen LogP contribution in [0.3, 0.4) is 0 Å². The summed E-state index contributed by atoms with van der Waals surface area (Å²) in [7, 11) is 0. The van der Waals surface area contributed by atoms with Gasteiger partial charge in [-0.2, -0.15) is 0 Å². The van der Waals surface area contributed by atoms with Gasteiger partial charge in [-0.25, -0.2) is 9.78 Å². The number of carbonyl (C=O) groups is 1. The number of pyridine rings is 2. The minimum Gasteiger partial charge on any atom is -0.458 e. The lowest BCUT2D eigenvalue weighted by molar-refractivity contribution is -0.172. The molecule has 1 aromatic carbocycles. The zero-order chi connectivity index (χ0) is 20.3. The maximum atomic E-state index is 13.1. The van der Waals surface area contributed by atoms with E-state index >= 15 is 0 Å². The number of nitrogens with two attached hydrogens (primary N) is 1. The topological polar surface area (TPSA) is 107 Å². The molecule has 0 saturated carbocycles. The Hall–Kier alpha value is -3.03. The van der Waals surface area contributed by atoms with Crippen LogP contribution < -0.4 is 11.3 Å². The summed E-state index contributed by atoms with van der Waals surface area (Å²) in [6.45, 7) is 2.56. The molecule has 1 atom stereocenters. The Bertz CT molecular complexity index is 1250. The van der Waals surface area contributed by atoms with Crippen LogP contribution in [0, 0.1) is 0 Å². The lowest BCUT2D eigenvalue weighted by atomic mass is 9.86. The average molecular weight is 391 g/mol. The SMILES string of the molecule is CCC1(O)C(=O)OCc2c1cc1n(c2=O)Cc2cc3cc(CCN)ccc3nc2-1. The highest BCUT2D eigenvalue weighted by Gasteiger charge is 2.45. The molecule has 7 nitrogen and oxygen atoms in total. The monoisotopic (exact) mass is 391 g/mol. The van der Waals surface area contributed by atoms with Crippen LogP contribution in [0.2, 0.25) is 0 Å². The average Bonchev–Trinajstić information content (AvgIpc) is 3.07. The number of nitrogens with zero attached hydrogens (tertiary/aromatic N) is 2. The van der Waals surface area contributed by atoms with Crippen LogP contribution in [0.5, 0.6) is 0 Å². The number of hydrogen-bond donors (Lipinski definition) is 2. The summed E-state index contributed by atoms with van der Waals surface area (Å²) in [4.78, 5) is 30.1. The van der Waals surface area contributed by atoms with Gasteiger partial charge in [0, 0.05) is 16.5 Å². The molecular formula is C22H21N3O4. The molecule has 1 unspecified atom stereocenters. The highest BCUT2D eigenvalue weighted by atomic mass is 16.6. The van der Waals surface area contributed by atoms with Gasteiger partial charge in [-0.1, -0.05) is 13.0 Å². The zero-order valence-corrected chi connectivity index (χ0v) is 16.1. The van der Waals surface area contributed by atoms with E-state index in [4.69, 9.17) is 15.5 Å². The maximum absolute atomic E-state index is 13.1. The fourth-order valence-electron chi connectivity index (χ4n) is 4.36. The predicted octanol–water partition coefficient (Wildman–Crippen LogP) is 1.58. The van der Waals surface area contributed by atoms with Gasteiger partial charge in [0.25, 0.3) is 5.56 Å². The summed E-state index contributed by atoms with van der Waals surface area (Å²) < 4.78 is 6.74. The summed E-state index contributed by atoms with van der Waals surface area (Å²) in [6.07, 6.45) is 0.923. The second kappa shape index (κ2) is 6.23. The van der Waals surface area contributed by atoms with Gasteiger partial charge in [0.2, 0.25) is 0 Å². The summed E-state index contributed by atoms with van der Waals surface area (Å²) in [5.41, 5.74) is 8.52. The van der Waals surface area contributed by atoms with E-state index in [1.807, 2.05) is 12.1 Å². The number of hydrogen-bond acceptors (Lipinski definition) is 6. The van der Waals surface area contributed by atoms with Crippen molar-refractivity contribution in [2.24, 2.45) is 5.73 Å². The van der Waals surface area contributed by atoms with E-state index in [-0.39, 0.29) is 18.6 Å². The first kappa shape index (κ1) is 18.0. The molecule has 3 aromatic rings. The molecule has 0 aliphatic carbocycles. The molecule has 2 aliphatic rings. The van der Waals surface area contributed by atoms with Gasteiger partial charge in [0.1, 0.15) is 6.61 Å². The van der Waals surface area contributed by atoms with E-state index < -0.39 is 11.6 Å². The second-order valence-corrected chi connectivity index (χ2v) is 7.66. The first-order valence-electron chi connectivity index (χ1n) is 9.76. The minimum absolute atomic E-state index is 0.121. The lowest BCUT2D eigenvalue weighted by Crippen LogP contribution is -2.44. The Morgan fingerprint density at radius 1 is 1.28 bits per heavy atom. The number of cyclic esters (lactones) is 1. The number of fused-ring (bicyclic) bond motifs is 5. The van der Waals surface area contributed by atoms with E-state index in [9.17, 15) is 14.7 Å². The van der Waals surface area contributed by atoms with E-state index in [0.29, 0.717) is 35.6 Å². The number of esters is 1. The minimum atomic E-state index is -1.81. The smallest absolute Gasteiger partial charge is 0.343 e. The third-order valence-electron chi connectivity index (χ3n) is 6.00. The first-order valence-corrected chi connectivity index (χ1v) is 9.76. The van der Waals surface area contributed by atoms with Crippen LogP contribution in [-0.2, 0) is 34.7 Å². The molecule has 2 aliphatic heterocycles. The van der Waals surface area contributed by atoms with Crippen LogP contribution in [0.25, 0.3) is 22.3 Å². The Balaban J connectivity index is 1.72. The predicted molar refractivity (Wildman–Crippen MR) is 107 cm³/mol. The molecule has 4 heterocycles. The van der Waals surface area contributed by atoms with Crippen LogP contribution in [0.1, 0.15) is 35.6 Å². The molecule has 0 bridgehead atoms. The van der Waals surface area contributed by atoms with Crippen molar-refractivity contribution >= 4 is 16.9 Å². The highest BCUT2D eigenvalue weighted by molar-refractivity contribution is 5.86. The van der Waals surface area contributed by atoms with Gasteiger partial charge in [-0.15, -0.1) is 0 Å². The van der Waals surface area contributed by atoms with Crippen molar-refractivity contribution in [2.75, 3.05) is 6.54 Å². The van der Waals surface area contributed by atoms with Crippen molar-refractivity contribution in [1.82, 2.24) is 9.55 Å². The van der Waals surface area contributed by atoms with E-state index in [0.717, 1.165) is 28.5 Å². The maximum Gasteiger partial charge on any atom is 0.343 e. The van der Waals surface area contributed by atoms with Crippen molar-refractivity contribution in [3.8, 4) is 11.4 Å². The molecule has 0 amide bonds. The van der Waals surface area contributed by atoms with Crippen molar-refractivity contribution in [3.05, 3.63) is 62.9 Å². The number of carbonyl (C=O) groups excluding carboxylic acids is 1. The molecule has 5 rings (SSSR count). The van der Waals surface area contributed by atoms with Crippen LogP contribution in [0.15, 0.2) is 35.1 Å². The van der Waals surface area contributed by atoms with E-state index in [1.54, 1.807) is 17.6 Å². The fraction of sp³-hybridized carbons (Fsp3) is 0.318. The lowest BCUT2D eigenvalue weighted by Gasteiger charge is -2.31. The van der Waals surface area contributed by atoms with Crippen molar-refractivity contribution in [1.29, 1.82) is 0 Å². The van der Waals surface area contributed by atoms with Crippen LogP contribution >= 0.6 is 0 Å². The van der Waals surface area contributed by atoms with Crippen LogP contribution in [0.4, 0.5) is 0 Å². The van der Waals surface area contributed by atoms with Gasteiger partial charge in [0.15, 0.2) is 5.60 Å². The zero-order valence-electron chi connectivity index (χ0n) is 16.1. The molecule has 0 spiro atoms. The van der Waals surface area contributed by atoms with Crippen molar-refractivity contribution < 1.29 is 14.6 Å². The number of aliphatic hydroxyl groups is 1. The largest absolute Gasteiger partial charge is 0.458 e. The number of aromatic nitrogens is 2. The number of ether oxygens (including phenoxy) is 1. The van der Waals surface area contributed by atoms with Crippen LogP contribution in [-0.4, -0.2) is 27.2 Å². The van der Waals surface area contributed by atoms with Gasteiger partial charge in [-0.3, -0.25) is 4.79 Å². The normalized spacial score (nSPS) is 19.6. The Kier molecular flexibility index (Phi) is 3.88. The molecule has 29 heavy (non-hydrogen) atoms. The van der Waals surface area contributed by atoms with Gasteiger partial charge in [0.05, 0.1) is 29.0 Å². The summed E-state index contributed by atoms with van der Waals surface area (Å²) in [5, 5.41) is 11.9. The Labute approximate surface area is 166 Å². The molecule has 7 heteroatoms. The number of benzene rings is 1. The molecule has 148 valence electrons. The molecule has 0 fully saturated rings. The molecule has 0 radical (unpaired) electrons. The Morgan fingerprint density at radius 3 is 2.86 bits per heavy atom. The van der Waals surface area contributed by atoms with E-state index in [2.05, 4.69) is 12.1 Å². The van der Waals surface area contributed by atoms with Crippen molar-refractivity contribution in [2.45, 2.75) is 38.5 Å². The van der Waals surface area contributed by atoms with Gasteiger partial charge < -0.3 is 20.1 Å². The molecule has 0 saturated heterocycles. The van der Waals surface area contributed by atoms with Crippen molar-refractivity contribution in [3.63, 3.8) is 0 Å². The highest BCUT2D eigenvalue weighted by Crippen LogP contribution is 2.38. The third kappa shape index (κ3) is 2.47. The summed E-state index contributed by atoms with van der Waals surface area (Å²) in [6, 6.07) is 9.83. The third-order valence-corrected chi connectivity index (χ3v) is 6.00. The summed E-state index contributed by atoms with van der Waals surface area (Å²) in [5.74, 6) is -0.714. The first-order chi connectivity index (χ1) is 14.0. The fourth-order valence-corrected chi connectivity index (χ4v) is 4.36. The molecule has 2 aromatic heterocycles. The quantitative estimate of drug-likeness (QED) is 0.514. The summed E-state index contributed by atoms with van der Waals surface area (Å²) >= 11 is 0. The second-order valence-electron chi connectivity index (χ2n) is 7.66. The molecule has 3 N–H and O–H groups in total. The molecular weight excluding hydrogens is 370 g/mol. The van der Waals surface area contributed by atoms with E-state index in [1.165, 1.54) is 0 Å². The standard InChI is InChI=1S/C22H21N3O4/c1-2-22(28)16-9-18-19-14(10-25(18)20(26)15(16)11-29-21(22)27)8-13-7-12(5-6-23)3-4-17(13)24-19/h3-4,7-9,28H,2,5-6,10-11,23H2,1H3. The number of rotatable bonds is 3.